The molecule has 6 heteroatoms. The molecule has 1 aromatic rings. The lowest BCUT2D eigenvalue weighted by Crippen LogP contribution is -2.29. The third kappa shape index (κ3) is 3.44. The summed E-state index contributed by atoms with van der Waals surface area (Å²) in [6, 6.07) is -0.153. The highest BCUT2D eigenvalue weighted by molar-refractivity contribution is 7.09. The Balaban J connectivity index is 2.55. The summed E-state index contributed by atoms with van der Waals surface area (Å²) >= 11 is 1.28. The average molecular weight is 243 g/mol. The van der Waals surface area contributed by atoms with E-state index >= 15 is 0 Å². The molecule has 1 rings (SSSR count). The zero-order valence-corrected chi connectivity index (χ0v) is 10.5. The van der Waals surface area contributed by atoms with Gasteiger partial charge in [0.05, 0.1) is 5.92 Å². The lowest BCUT2D eigenvalue weighted by Gasteiger charge is -2.16. The van der Waals surface area contributed by atoms with Gasteiger partial charge in [-0.1, -0.05) is 6.92 Å². The first-order valence-corrected chi connectivity index (χ1v) is 6.13. The molecule has 2 atom stereocenters. The zero-order valence-electron chi connectivity index (χ0n) is 9.73. The monoisotopic (exact) mass is 243 g/mol. The number of carboxylic acid groups (broad SMARTS) is 1. The summed E-state index contributed by atoms with van der Waals surface area (Å²) < 4.78 is 4.18. The molecular formula is C10H17N3O2S. The highest BCUT2D eigenvalue weighted by Crippen LogP contribution is 2.16. The topological polar surface area (TPSA) is 75.1 Å². The summed E-state index contributed by atoms with van der Waals surface area (Å²) in [5.74, 6) is -0.429. The van der Waals surface area contributed by atoms with Crippen molar-refractivity contribution in [2.24, 2.45) is 5.92 Å². The number of carboxylic acids is 1. The molecule has 0 saturated carbocycles. The Morgan fingerprint density at radius 3 is 2.81 bits per heavy atom. The summed E-state index contributed by atoms with van der Waals surface area (Å²) in [5, 5.41) is 12.6. The average Bonchev–Trinajstić information content (AvgIpc) is 2.65. The van der Waals surface area contributed by atoms with E-state index in [-0.39, 0.29) is 6.04 Å². The third-order valence-electron chi connectivity index (χ3n) is 2.43. The Kier molecular flexibility index (Phi) is 4.67. The molecule has 90 valence electrons. The Hall–Kier alpha value is -1.17. The number of aromatic nitrogens is 2. The van der Waals surface area contributed by atoms with Gasteiger partial charge in [0.1, 0.15) is 5.82 Å². The van der Waals surface area contributed by atoms with Crippen molar-refractivity contribution in [1.82, 2.24) is 9.36 Å². The minimum Gasteiger partial charge on any atom is -0.481 e. The quantitative estimate of drug-likeness (QED) is 0.799. The summed E-state index contributed by atoms with van der Waals surface area (Å²) in [6.45, 7) is 5.58. The van der Waals surface area contributed by atoms with Gasteiger partial charge in [0.25, 0.3) is 0 Å². The fourth-order valence-electron chi connectivity index (χ4n) is 1.17. The summed E-state index contributed by atoms with van der Waals surface area (Å²) in [7, 11) is 0. The molecule has 2 N–H and O–H groups in total. The molecule has 1 heterocycles. The SMILES string of the molecule is CCCc1nsc(NC(C)C(C)C(=O)O)n1. The minimum absolute atomic E-state index is 0.153. The summed E-state index contributed by atoms with van der Waals surface area (Å²) in [5.41, 5.74) is 0. The lowest BCUT2D eigenvalue weighted by atomic mass is 10.1. The van der Waals surface area contributed by atoms with Gasteiger partial charge in [0.15, 0.2) is 0 Å². The van der Waals surface area contributed by atoms with Crippen molar-refractivity contribution in [3.63, 3.8) is 0 Å². The number of hydrogen-bond acceptors (Lipinski definition) is 5. The third-order valence-corrected chi connectivity index (χ3v) is 3.12. The highest BCUT2D eigenvalue weighted by atomic mass is 32.1. The van der Waals surface area contributed by atoms with Crippen LogP contribution in [0.25, 0.3) is 0 Å². The van der Waals surface area contributed by atoms with Gasteiger partial charge in [0.2, 0.25) is 5.13 Å². The van der Waals surface area contributed by atoms with Crippen molar-refractivity contribution in [2.45, 2.75) is 39.7 Å². The Bertz CT molecular complexity index is 354. The van der Waals surface area contributed by atoms with Gasteiger partial charge in [-0.15, -0.1) is 0 Å². The van der Waals surface area contributed by atoms with Crippen LogP contribution in [0.5, 0.6) is 0 Å². The molecule has 0 bridgehead atoms. The number of nitrogens with one attached hydrogen (secondary N) is 1. The molecule has 2 unspecified atom stereocenters. The van der Waals surface area contributed by atoms with Gasteiger partial charge in [-0.25, -0.2) is 4.98 Å². The second kappa shape index (κ2) is 5.79. The number of hydrogen-bond donors (Lipinski definition) is 2. The van der Waals surface area contributed by atoms with E-state index in [1.165, 1.54) is 11.5 Å². The number of nitrogens with zero attached hydrogens (tertiary/aromatic N) is 2. The largest absolute Gasteiger partial charge is 0.481 e. The Labute approximate surface area is 99.1 Å². The van der Waals surface area contributed by atoms with Crippen molar-refractivity contribution in [1.29, 1.82) is 0 Å². The molecule has 0 saturated heterocycles. The number of rotatable bonds is 6. The van der Waals surface area contributed by atoms with E-state index in [1.807, 2.05) is 6.92 Å². The van der Waals surface area contributed by atoms with E-state index in [0.29, 0.717) is 5.13 Å². The Morgan fingerprint density at radius 2 is 2.25 bits per heavy atom. The van der Waals surface area contributed by atoms with Crippen molar-refractivity contribution in [3.8, 4) is 0 Å². The van der Waals surface area contributed by atoms with Crippen LogP contribution in [0.4, 0.5) is 5.13 Å². The normalized spacial score (nSPS) is 14.4. The highest BCUT2D eigenvalue weighted by Gasteiger charge is 2.20. The van der Waals surface area contributed by atoms with Crippen LogP contribution in [0.3, 0.4) is 0 Å². The van der Waals surface area contributed by atoms with Gasteiger partial charge in [-0.3, -0.25) is 4.79 Å². The number of anilines is 1. The predicted molar refractivity (Wildman–Crippen MR) is 63.8 cm³/mol. The van der Waals surface area contributed by atoms with Crippen LogP contribution >= 0.6 is 11.5 Å². The molecule has 0 spiro atoms. The second-order valence-corrected chi connectivity index (χ2v) is 4.58. The van der Waals surface area contributed by atoms with Gasteiger partial charge < -0.3 is 10.4 Å². The van der Waals surface area contributed by atoms with Gasteiger partial charge in [-0.05, 0) is 20.3 Å². The van der Waals surface area contributed by atoms with Crippen molar-refractivity contribution < 1.29 is 9.90 Å². The van der Waals surface area contributed by atoms with Crippen LogP contribution in [-0.2, 0) is 11.2 Å². The van der Waals surface area contributed by atoms with E-state index in [0.717, 1.165) is 18.7 Å². The van der Waals surface area contributed by atoms with Crippen molar-refractivity contribution >= 4 is 22.6 Å². The maximum atomic E-state index is 10.8. The fourth-order valence-corrected chi connectivity index (χ4v) is 1.88. The van der Waals surface area contributed by atoms with Gasteiger partial charge in [-0.2, -0.15) is 4.37 Å². The number of aryl methyl sites for hydroxylation is 1. The first-order valence-electron chi connectivity index (χ1n) is 5.36. The van der Waals surface area contributed by atoms with Crippen LogP contribution in [0.2, 0.25) is 0 Å². The standard InChI is InChI=1S/C10H17N3O2S/c1-4-5-8-12-10(16-13-8)11-7(3)6(2)9(14)15/h6-7H,4-5H2,1-3H3,(H,14,15)(H,11,12,13). The van der Waals surface area contributed by atoms with Crippen LogP contribution in [0, 0.1) is 5.92 Å². The van der Waals surface area contributed by atoms with E-state index in [1.54, 1.807) is 6.92 Å². The van der Waals surface area contributed by atoms with Crippen molar-refractivity contribution in [2.75, 3.05) is 5.32 Å². The predicted octanol–water partition coefficient (Wildman–Crippen LogP) is 2.01. The summed E-state index contributed by atoms with van der Waals surface area (Å²) in [4.78, 5) is 15.1. The summed E-state index contributed by atoms with van der Waals surface area (Å²) in [6.07, 6.45) is 1.87. The molecule has 0 aliphatic rings. The lowest BCUT2D eigenvalue weighted by molar-refractivity contribution is -0.141. The molecule has 0 aromatic carbocycles. The molecule has 0 radical (unpaired) electrons. The molecule has 1 aromatic heterocycles. The van der Waals surface area contributed by atoms with Crippen LogP contribution < -0.4 is 5.32 Å². The zero-order chi connectivity index (χ0) is 12.1. The van der Waals surface area contributed by atoms with Crippen molar-refractivity contribution in [3.05, 3.63) is 5.82 Å². The maximum Gasteiger partial charge on any atom is 0.308 e. The second-order valence-electron chi connectivity index (χ2n) is 3.83. The molecule has 0 amide bonds. The Morgan fingerprint density at radius 1 is 1.56 bits per heavy atom. The van der Waals surface area contributed by atoms with E-state index in [9.17, 15) is 4.79 Å². The molecule has 0 aliphatic heterocycles. The van der Waals surface area contributed by atoms with E-state index in [2.05, 4.69) is 21.6 Å². The number of aliphatic carboxylic acids is 1. The number of carbonyl (C=O) groups is 1. The first-order chi connectivity index (χ1) is 7.54. The van der Waals surface area contributed by atoms with Gasteiger partial charge in [0, 0.05) is 24.0 Å². The van der Waals surface area contributed by atoms with E-state index in [4.69, 9.17) is 5.11 Å². The van der Waals surface area contributed by atoms with Crippen LogP contribution in [-0.4, -0.2) is 26.5 Å². The van der Waals surface area contributed by atoms with Crippen LogP contribution in [0.15, 0.2) is 0 Å². The molecule has 0 fully saturated rings. The first kappa shape index (κ1) is 12.9. The fraction of sp³-hybridized carbons (Fsp3) is 0.700. The molecule has 0 aliphatic carbocycles. The molecule has 5 nitrogen and oxygen atoms in total. The minimum atomic E-state index is -0.807. The molecular weight excluding hydrogens is 226 g/mol. The van der Waals surface area contributed by atoms with Crippen LogP contribution in [0.1, 0.15) is 33.0 Å². The molecule has 16 heavy (non-hydrogen) atoms. The van der Waals surface area contributed by atoms with Gasteiger partial charge >= 0.3 is 5.97 Å². The maximum absolute atomic E-state index is 10.8. The smallest absolute Gasteiger partial charge is 0.308 e. The van der Waals surface area contributed by atoms with E-state index < -0.39 is 11.9 Å².